The largest absolute Gasteiger partial charge is 0.505 e. The molecular weight excluding hydrogens is 325 g/mol. The second kappa shape index (κ2) is 7.04. The number of urea groups is 1. The van der Waals surface area contributed by atoms with Crippen molar-refractivity contribution >= 4 is 11.7 Å². The number of halogens is 1. The lowest BCUT2D eigenvalue weighted by atomic mass is 10.2. The number of nitrogens with one attached hydrogen (secondary N) is 2. The van der Waals surface area contributed by atoms with E-state index < -0.39 is 17.6 Å². The molecule has 0 saturated carbocycles. The molecular formula is C18H16FN3O3. The molecule has 0 atom stereocenters. The Balaban J connectivity index is 1.62. The van der Waals surface area contributed by atoms with Crippen molar-refractivity contribution in [1.29, 1.82) is 0 Å². The van der Waals surface area contributed by atoms with Gasteiger partial charge in [-0.3, -0.25) is 0 Å². The summed E-state index contributed by atoms with van der Waals surface area (Å²) in [7, 11) is 0. The van der Waals surface area contributed by atoms with Gasteiger partial charge >= 0.3 is 6.03 Å². The molecule has 2 amide bonds. The summed E-state index contributed by atoms with van der Waals surface area (Å²) in [4.78, 5) is 16.1. The monoisotopic (exact) mass is 341 g/mol. The lowest BCUT2D eigenvalue weighted by molar-refractivity contribution is 0.251. The van der Waals surface area contributed by atoms with Crippen LogP contribution in [0.25, 0.3) is 11.5 Å². The van der Waals surface area contributed by atoms with E-state index in [2.05, 4.69) is 15.6 Å². The number of phenols is 1. The molecule has 7 heteroatoms. The number of oxazole rings is 1. The smallest absolute Gasteiger partial charge is 0.319 e. The summed E-state index contributed by atoms with van der Waals surface area (Å²) < 4.78 is 18.7. The molecule has 1 aromatic heterocycles. The van der Waals surface area contributed by atoms with Crippen molar-refractivity contribution in [2.75, 3.05) is 5.32 Å². The second-order valence-electron chi connectivity index (χ2n) is 5.45. The number of rotatable bonds is 4. The van der Waals surface area contributed by atoms with Gasteiger partial charge in [0, 0.05) is 17.8 Å². The highest BCUT2D eigenvalue weighted by Gasteiger charge is 2.08. The molecule has 0 aliphatic carbocycles. The first kappa shape index (κ1) is 16.5. The number of aryl methyl sites for hydroxylation is 1. The number of phenolic OH excluding ortho intramolecular Hbond substituents is 1. The van der Waals surface area contributed by atoms with Gasteiger partial charge in [0.15, 0.2) is 11.6 Å². The Bertz CT molecular complexity index is 908. The van der Waals surface area contributed by atoms with Gasteiger partial charge in [-0.2, -0.15) is 0 Å². The lowest BCUT2D eigenvalue weighted by Crippen LogP contribution is -2.28. The molecule has 0 saturated heterocycles. The Morgan fingerprint density at radius 1 is 1.28 bits per heavy atom. The van der Waals surface area contributed by atoms with Crippen molar-refractivity contribution in [2.24, 2.45) is 0 Å². The number of hydrogen-bond acceptors (Lipinski definition) is 4. The molecule has 3 N–H and O–H groups in total. The fourth-order valence-electron chi connectivity index (χ4n) is 2.24. The maximum absolute atomic E-state index is 13.3. The number of carbonyl (C=O) groups is 1. The summed E-state index contributed by atoms with van der Waals surface area (Å²) in [5.41, 5.74) is 1.85. The second-order valence-corrected chi connectivity index (χ2v) is 5.45. The molecule has 0 bridgehead atoms. The minimum atomic E-state index is -0.728. The molecule has 3 rings (SSSR count). The summed E-state index contributed by atoms with van der Waals surface area (Å²) in [6.07, 6.45) is 1.62. The van der Waals surface area contributed by atoms with Crippen LogP contribution in [0.5, 0.6) is 5.75 Å². The van der Waals surface area contributed by atoms with Crippen LogP contribution in [0.1, 0.15) is 11.3 Å². The van der Waals surface area contributed by atoms with Gasteiger partial charge in [-0.05, 0) is 42.8 Å². The highest BCUT2D eigenvalue weighted by molar-refractivity contribution is 5.89. The Hall–Kier alpha value is -3.35. The van der Waals surface area contributed by atoms with Crippen molar-refractivity contribution in [3.63, 3.8) is 0 Å². The molecule has 0 aliphatic rings. The van der Waals surface area contributed by atoms with E-state index in [9.17, 15) is 9.18 Å². The summed E-state index contributed by atoms with van der Waals surface area (Å²) in [5, 5.41) is 14.5. The first-order chi connectivity index (χ1) is 12.0. The van der Waals surface area contributed by atoms with E-state index in [1.165, 1.54) is 18.2 Å². The zero-order valence-electron chi connectivity index (χ0n) is 13.4. The van der Waals surface area contributed by atoms with Gasteiger partial charge in [0.1, 0.15) is 5.76 Å². The Kier molecular flexibility index (Phi) is 4.65. The van der Waals surface area contributed by atoms with Crippen LogP contribution >= 0.6 is 0 Å². The number of hydrogen-bond donors (Lipinski definition) is 3. The van der Waals surface area contributed by atoms with Gasteiger partial charge in [0.05, 0.1) is 6.20 Å². The number of benzene rings is 2. The highest BCUT2D eigenvalue weighted by atomic mass is 19.1. The van der Waals surface area contributed by atoms with Gasteiger partial charge < -0.3 is 20.2 Å². The first-order valence-corrected chi connectivity index (χ1v) is 7.56. The van der Waals surface area contributed by atoms with Gasteiger partial charge in [-0.15, -0.1) is 0 Å². The third kappa shape index (κ3) is 4.14. The van der Waals surface area contributed by atoms with Gasteiger partial charge in [0.2, 0.25) is 5.89 Å². The van der Waals surface area contributed by atoms with Crippen LogP contribution in [0.3, 0.4) is 0 Å². The van der Waals surface area contributed by atoms with E-state index in [0.29, 0.717) is 22.9 Å². The molecule has 0 radical (unpaired) electrons. The summed E-state index contributed by atoms with van der Waals surface area (Å²) in [5.74, 6) is 0.0220. The van der Waals surface area contributed by atoms with E-state index in [4.69, 9.17) is 9.52 Å². The maximum atomic E-state index is 13.3. The molecule has 0 spiro atoms. The number of nitrogens with zero attached hydrogens (tertiary/aromatic N) is 1. The van der Waals surface area contributed by atoms with Crippen LogP contribution in [0.15, 0.2) is 53.1 Å². The van der Waals surface area contributed by atoms with Gasteiger partial charge in [0.25, 0.3) is 0 Å². The van der Waals surface area contributed by atoms with Crippen LogP contribution in [0.2, 0.25) is 0 Å². The van der Waals surface area contributed by atoms with E-state index in [0.717, 1.165) is 5.56 Å². The maximum Gasteiger partial charge on any atom is 0.319 e. The van der Waals surface area contributed by atoms with Crippen molar-refractivity contribution in [3.05, 3.63) is 65.8 Å². The molecule has 2 aromatic carbocycles. The zero-order valence-corrected chi connectivity index (χ0v) is 13.4. The zero-order chi connectivity index (χ0) is 17.8. The van der Waals surface area contributed by atoms with Crippen LogP contribution in [-0.4, -0.2) is 16.1 Å². The Labute approximate surface area is 143 Å². The predicted octanol–water partition coefficient (Wildman–Crippen LogP) is 3.82. The molecule has 0 unspecified atom stereocenters. The molecule has 0 fully saturated rings. The number of carbonyl (C=O) groups excluding carboxylic acids is 1. The normalized spacial score (nSPS) is 10.5. The highest BCUT2D eigenvalue weighted by Crippen LogP contribution is 2.22. The standard InChI is InChI=1S/C18H16FN3O3/c1-11-9-20-17(25-11)13-3-2-4-14(8-13)22-18(24)21-10-12-5-6-16(23)15(19)7-12/h2-9,23H,10H2,1H3,(H2,21,22,24). The third-order valence-electron chi connectivity index (χ3n) is 3.45. The topological polar surface area (TPSA) is 87.4 Å². The van der Waals surface area contributed by atoms with E-state index in [1.807, 2.05) is 6.07 Å². The SMILES string of the molecule is Cc1cnc(-c2cccc(NC(=O)NCc3ccc(O)c(F)c3)c2)o1. The average Bonchev–Trinajstić information content (AvgIpc) is 3.03. The average molecular weight is 341 g/mol. The fourth-order valence-corrected chi connectivity index (χ4v) is 2.24. The summed E-state index contributed by atoms with van der Waals surface area (Å²) in [6, 6.07) is 10.6. The predicted molar refractivity (Wildman–Crippen MR) is 90.6 cm³/mol. The fraction of sp³-hybridized carbons (Fsp3) is 0.111. The summed E-state index contributed by atoms with van der Waals surface area (Å²) in [6.45, 7) is 1.93. The molecule has 128 valence electrons. The summed E-state index contributed by atoms with van der Waals surface area (Å²) >= 11 is 0. The van der Waals surface area contributed by atoms with Crippen LogP contribution in [0.4, 0.5) is 14.9 Å². The van der Waals surface area contributed by atoms with E-state index in [1.54, 1.807) is 31.3 Å². The quantitative estimate of drug-likeness (QED) is 0.673. The van der Waals surface area contributed by atoms with Gasteiger partial charge in [-0.25, -0.2) is 14.2 Å². The molecule has 25 heavy (non-hydrogen) atoms. The van der Waals surface area contributed by atoms with Crippen molar-refractivity contribution in [2.45, 2.75) is 13.5 Å². The number of aromatic hydroxyl groups is 1. The van der Waals surface area contributed by atoms with E-state index >= 15 is 0 Å². The minimum Gasteiger partial charge on any atom is -0.505 e. The van der Waals surface area contributed by atoms with Crippen LogP contribution in [-0.2, 0) is 6.54 Å². The van der Waals surface area contributed by atoms with Crippen LogP contribution in [0, 0.1) is 12.7 Å². The minimum absolute atomic E-state index is 0.127. The number of amides is 2. The third-order valence-corrected chi connectivity index (χ3v) is 3.45. The molecule has 1 heterocycles. The first-order valence-electron chi connectivity index (χ1n) is 7.56. The van der Waals surface area contributed by atoms with Crippen molar-refractivity contribution < 1.29 is 18.7 Å². The van der Waals surface area contributed by atoms with Crippen molar-refractivity contribution in [3.8, 4) is 17.2 Å². The lowest BCUT2D eigenvalue weighted by Gasteiger charge is -2.09. The van der Waals surface area contributed by atoms with Crippen molar-refractivity contribution in [1.82, 2.24) is 10.3 Å². The Morgan fingerprint density at radius 3 is 2.84 bits per heavy atom. The van der Waals surface area contributed by atoms with Gasteiger partial charge in [-0.1, -0.05) is 12.1 Å². The number of aromatic nitrogens is 1. The molecule has 0 aliphatic heterocycles. The van der Waals surface area contributed by atoms with E-state index in [-0.39, 0.29) is 6.54 Å². The molecule has 6 nitrogen and oxygen atoms in total. The molecule has 3 aromatic rings. The van der Waals surface area contributed by atoms with Crippen LogP contribution < -0.4 is 10.6 Å². The Morgan fingerprint density at radius 2 is 2.12 bits per heavy atom. The number of anilines is 1.